The van der Waals surface area contributed by atoms with Gasteiger partial charge in [0.1, 0.15) is 0 Å². The molecule has 1 fully saturated rings. The molecule has 4 nitrogen and oxygen atoms in total. The maximum atomic E-state index is 11.7. The van der Waals surface area contributed by atoms with Gasteiger partial charge in [-0.05, 0) is 18.3 Å². The summed E-state index contributed by atoms with van der Waals surface area (Å²) in [6.45, 7) is 10.2. The molecule has 1 aromatic rings. The zero-order valence-corrected chi connectivity index (χ0v) is 11.9. The van der Waals surface area contributed by atoms with E-state index < -0.39 is 0 Å². The number of rotatable bonds is 2. The minimum atomic E-state index is -0.178. The summed E-state index contributed by atoms with van der Waals surface area (Å²) in [7, 11) is 0. The molecule has 0 bridgehead atoms. The molecule has 0 saturated heterocycles. The van der Waals surface area contributed by atoms with Crippen LogP contribution in [0.4, 0.5) is 9.93 Å². The summed E-state index contributed by atoms with van der Waals surface area (Å²) in [5, 5.41) is 6.32. The highest BCUT2D eigenvalue weighted by Crippen LogP contribution is 2.30. The molecule has 98 valence electrons. The van der Waals surface area contributed by atoms with Crippen molar-refractivity contribution in [3.63, 3.8) is 0 Å². The molecule has 0 atom stereocenters. The number of hydrogen-bond donors (Lipinski definition) is 2. The first kappa shape index (κ1) is 13.1. The van der Waals surface area contributed by atoms with E-state index in [0.717, 1.165) is 17.7 Å². The molecule has 18 heavy (non-hydrogen) atoms. The van der Waals surface area contributed by atoms with E-state index in [1.54, 1.807) is 0 Å². The van der Waals surface area contributed by atoms with E-state index in [9.17, 15) is 4.79 Å². The van der Waals surface area contributed by atoms with Crippen molar-refractivity contribution >= 4 is 22.5 Å². The van der Waals surface area contributed by atoms with Gasteiger partial charge < -0.3 is 5.32 Å². The molecule has 1 aliphatic rings. The molecule has 2 N–H and O–H groups in total. The van der Waals surface area contributed by atoms with Crippen molar-refractivity contribution < 1.29 is 4.79 Å². The maximum absolute atomic E-state index is 11.7. The summed E-state index contributed by atoms with van der Waals surface area (Å²) in [6, 6.07) is 0.0573. The zero-order valence-electron chi connectivity index (χ0n) is 11.0. The smallest absolute Gasteiger partial charge is 0.321 e. The van der Waals surface area contributed by atoms with Gasteiger partial charge in [0.15, 0.2) is 5.13 Å². The van der Waals surface area contributed by atoms with Crippen LogP contribution in [-0.2, 0) is 5.41 Å². The molecule has 1 aliphatic carbocycles. The van der Waals surface area contributed by atoms with Crippen molar-refractivity contribution in [2.75, 3.05) is 5.32 Å². The summed E-state index contributed by atoms with van der Waals surface area (Å²) in [5.74, 6) is 0. The highest BCUT2D eigenvalue weighted by molar-refractivity contribution is 7.15. The predicted molar refractivity (Wildman–Crippen MR) is 75.1 cm³/mol. The molecular weight excluding hydrogens is 246 g/mol. The van der Waals surface area contributed by atoms with Gasteiger partial charge in [0.05, 0.1) is 0 Å². The number of carbonyl (C=O) groups is 1. The highest BCUT2D eigenvalue weighted by atomic mass is 32.1. The van der Waals surface area contributed by atoms with Crippen molar-refractivity contribution in [3.05, 3.63) is 23.2 Å². The summed E-state index contributed by atoms with van der Waals surface area (Å²) >= 11 is 1.52. The molecule has 1 heterocycles. The number of nitrogens with zero attached hydrogens (tertiary/aromatic N) is 1. The molecule has 0 unspecified atom stereocenters. The van der Waals surface area contributed by atoms with E-state index in [2.05, 4.69) is 43.0 Å². The Hall–Kier alpha value is -1.36. The second kappa shape index (κ2) is 4.72. The molecule has 0 aliphatic heterocycles. The predicted octanol–water partition coefficient (Wildman–Crippen LogP) is 3.28. The average molecular weight is 265 g/mol. The molecule has 1 saturated carbocycles. The summed E-state index contributed by atoms with van der Waals surface area (Å²) in [5.41, 5.74) is 1.27. The van der Waals surface area contributed by atoms with Crippen LogP contribution in [0.3, 0.4) is 0 Å². The Morgan fingerprint density at radius 3 is 2.67 bits per heavy atom. The first-order valence-corrected chi connectivity index (χ1v) is 6.87. The van der Waals surface area contributed by atoms with Gasteiger partial charge in [0, 0.05) is 17.1 Å². The fourth-order valence-electron chi connectivity index (χ4n) is 1.74. The van der Waals surface area contributed by atoms with Gasteiger partial charge in [-0.25, -0.2) is 9.78 Å². The maximum Gasteiger partial charge on any atom is 0.321 e. The van der Waals surface area contributed by atoms with Gasteiger partial charge in [-0.15, -0.1) is 11.3 Å². The second-order valence-electron chi connectivity index (χ2n) is 5.73. The Morgan fingerprint density at radius 2 is 2.17 bits per heavy atom. The van der Waals surface area contributed by atoms with Gasteiger partial charge in [0.2, 0.25) is 0 Å². The molecular formula is C13H19N3OS. The van der Waals surface area contributed by atoms with E-state index in [-0.39, 0.29) is 17.5 Å². The van der Waals surface area contributed by atoms with Crippen molar-refractivity contribution in [3.8, 4) is 0 Å². The number of hydrogen-bond acceptors (Lipinski definition) is 3. The summed E-state index contributed by atoms with van der Waals surface area (Å²) in [4.78, 5) is 17.1. The third kappa shape index (κ3) is 3.10. The summed E-state index contributed by atoms with van der Waals surface area (Å²) in [6.07, 6.45) is 3.60. The van der Waals surface area contributed by atoms with Gasteiger partial charge in [0.25, 0.3) is 0 Å². The lowest BCUT2D eigenvalue weighted by molar-refractivity contribution is 0.245. The zero-order chi connectivity index (χ0) is 13.3. The average Bonchev–Trinajstić information content (AvgIpc) is 2.63. The van der Waals surface area contributed by atoms with Crippen molar-refractivity contribution in [2.45, 2.75) is 45.1 Å². The largest absolute Gasteiger partial charge is 0.334 e. The normalized spacial score (nSPS) is 16.3. The van der Waals surface area contributed by atoms with E-state index in [1.165, 1.54) is 16.9 Å². The van der Waals surface area contributed by atoms with Crippen LogP contribution in [0.5, 0.6) is 0 Å². The third-order valence-corrected chi connectivity index (χ3v) is 4.21. The van der Waals surface area contributed by atoms with Crippen LogP contribution in [0.15, 0.2) is 18.3 Å². The van der Waals surface area contributed by atoms with Crippen molar-refractivity contribution in [1.82, 2.24) is 10.3 Å². The van der Waals surface area contributed by atoms with E-state index >= 15 is 0 Å². The molecule has 0 spiro atoms. The van der Waals surface area contributed by atoms with Crippen LogP contribution in [0.2, 0.25) is 0 Å². The standard InChI is InChI=1S/C13H19N3OS/c1-8-5-9(6-8)15-11(17)16-12-14-7-10(18-12)13(2,3)4/h7,9H,1,5-6H2,2-4H3,(H2,14,15,16,17). The highest BCUT2D eigenvalue weighted by Gasteiger charge is 2.23. The molecule has 2 rings (SSSR count). The Kier molecular flexibility index (Phi) is 3.43. The molecule has 2 amide bonds. The minimum Gasteiger partial charge on any atom is -0.334 e. The third-order valence-electron chi connectivity index (χ3n) is 2.87. The topological polar surface area (TPSA) is 54.0 Å². The number of nitrogens with one attached hydrogen (secondary N) is 2. The minimum absolute atomic E-state index is 0.0692. The van der Waals surface area contributed by atoms with E-state index in [1.807, 2.05) is 6.20 Å². The molecule has 5 heteroatoms. The Balaban J connectivity index is 1.87. The molecule has 0 aromatic carbocycles. The van der Waals surface area contributed by atoms with E-state index in [0.29, 0.717) is 5.13 Å². The Bertz CT molecular complexity index is 465. The van der Waals surface area contributed by atoms with Gasteiger partial charge in [-0.1, -0.05) is 32.9 Å². The monoisotopic (exact) mass is 265 g/mol. The molecule has 0 radical (unpaired) electrons. The first-order chi connectivity index (χ1) is 8.34. The number of aromatic nitrogens is 1. The lowest BCUT2D eigenvalue weighted by atomic mass is 9.88. The van der Waals surface area contributed by atoms with Crippen LogP contribution in [0, 0.1) is 0 Å². The van der Waals surface area contributed by atoms with Gasteiger partial charge in [-0.3, -0.25) is 5.32 Å². The fourth-order valence-corrected chi connectivity index (χ4v) is 2.61. The van der Waals surface area contributed by atoms with Crippen LogP contribution in [0.1, 0.15) is 38.5 Å². The first-order valence-electron chi connectivity index (χ1n) is 6.05. The van der Waals surface area contributed by atoms with Gasteiger partial charge in [-0.2, -0.15) is 0 Å². The molecule has 1 aromatic heterocycles. The lowest BCUT2D eigenvalue weighted by Gasteiger charge is -2.28. The van der Waals surface area contributed by atoms with E-state index in [4.69, 9.17) is 0 Å². The van der Waals surface area contributed by atoms with Crippen molar-refractivity contribution in [2.24, 2.45) is 0 Å². The second-order valence-corrected chi connectivity index (χ2v) is 6.76. The Labute approximate surface area is 112 Å². The van der Waals surface area contributed by atoms with Crippen molar-refractivity contribution in [1.29, 1.82) is 0 Å². The van der Waals surface area contributed by atoms with Crippen LogP contribution >= 0.6 is 11.3 Å². The summed E-state index contributed by atoms with van der Waals surface area (Å²) < 4.78 is 0. The SMILES string of the molecule is C=C1CC(NC(=O)Nc2ncc(C(C)(C)C)s2)C1. The Morgan fingerprint density at radius 1 is 1.50 bits per heavy atom. The number of amides is 2. The van der Waals surface area contributed by atoms with Crippen LogP contribution < -0.4 is 10.6 Å². The quantitative estimate of drug-likeness (QED) is 0.806. The van der Waals surface area contributed by atoms with Gasteiger partial charge >= 0.3 is 6.03 Å². The van der Waals surface area contributed by atoms with Crippen LogP contribution in [0.25, 0.3) is 0 Å². The fraction of sp³-hybridized carbons (Fsp3) is 0.538. The number of urea groups is 1. The number of thiazole rings is 1. The number of carbonyl (C=O) groups excluding carboxylic acids is 1. The lowest BCUT2D eigenvalue weighted by Crippen LogP contribution is -2.42. The van der Waals surface area contributed by atoms with Crippen LogP contribution in [-0.4, -0.2) is 17.1 Å². The number of anilines is 1.